The Morgan fingerprint density at radius 3 is 2.90 bits per heavy atom. The van der Waals surface area contributed by atoms with Gasteiger partial charge in [-0.25, -0.2) is 9.37 Å². The van der Waals surface area contributed by atoms with Crippen LogP contribution in [-0.4, -0.2) is 46.8 Å². The normalized spacial score (nSPS) is 15.6. The Hall–Kier alpha value is -3.26. The molecule has 7 nitrogen and oxygen atoms in total. The van der Waals surface area contributed by atoms with Gasteiger partial charge in [-0.2, -0.15) is 5.10 Å². The predicted molar refractivity (Wildman–Crippen MR) is 109 cm³/mol. The van der Waals surface area contributed by atoms with Crippen LogP contribution in [0, 0.1) is 5.82 Å². The lowest BCUT2D eigenvalue weighted by Crippen LogP contribution is -2.50. The maximum Gasteiger partial charge on any atom is 0.255 e. The van der Waals surface area contributed by atoms with Crippen molar-refractivity contribution in [1.29, 1.82) is 0 Å². The zero-order chi connectivity index (χ0) is 20.1. The number of benzene rings is 1. The van der Waals surface area contributed by atoms with Crippen molar-refractivity contribution in [3.63, 3.8) is 0 Å². The van der Waals surface area contributed by atoms with Crippen LogP contribution in [0.2, 0.25) is 0 Å². The molecule has 4 rings (SSSR count). The molecule has 1 aliphatic heterocycles. The molecule has 29 heavy (non-hydrogen) atoms. The van der Waals surface area contributed by atoms with Gasteiger partial charge in [0.25, 0.3) is 5.91 Å². The fraction of sp³-hybridized carbons (Fsp3) is 0.286. The van der Waals surface area contributed by atoms with Gasteiger partial charge in [-0.3, -0.25) is 9.89 Å². The summed E-state index contributed by atoms with van der Waals surface area (Å²) in [7, 11) is 0. The van der Waals surface area contributed by atoms with Crippen molar-refractivity contribution in [3.8, 4) is 11.3 Å². The number of halogens is 1. The topological polar surface area (TPSA) is 94.7 Å². The van der Waals surface area contributed by atoms with Gasteiger partial charge in [0.15, 0.2) is 0 Å². The number of H-pyrrole nitrogens is 1. The Morgan fingerprint density at radius 1 is 1.28 bits per heavy atom. The summed E-state index contributed by atoms with van der Waals surface area (Å²) < 4.78 is 13.4. The van der Waals surface area contributed by atoms with Gasteiger partial charge in [-0.1, -0.05) is 12.1 Å². The summed E-state index contributed by atoms with van der Waals surface area (Å²) in [5, 5.41) is 16.2. The summed E-state index contributed by atoms with van der Waals surface area (Å²) in [4.78, 5) is 17.3. The number of nitrogens with zero attached hydrogens (tertiary/aromatic N) is 2. The predicted octanol–water partition coefficient (Wildman–Crippen LogP) is 2.36. The molecule has 1 amide bonds. The number of nitrogens with one attached hydrogen (secondary N) is 4. The highest BCUT2D eigenvalue weighted by Crippen LogP contribution is 2.21. The first-order valence-corrected chi connectivity index (χ1v) is 9.69. The van der Waals surface area contributed by atoms with Crippen molar-refractivity contribution in [1.82, 2.24) is 25.8 Å². The summed E-state index contributed by atoms with van der Waals surface area (Å²) in [5.74, 6) is 0.0737. The Bertz CT molecular complexity index is 971. The Labute approximate surface area is 168 Å². The first kappa shape index (κ1) is 19.1. The SMILES string of the molecule is O=C(NC[C@H]1CCN1)c1ccc(-c2cn[nH]c2)nc1NCCc1cccc(F)c1. The molecule has 0 saturated carbocycles. The number of hydrogen-bond donors (Lipinski definition) is 4. The van der Waals surface area contributed by atoms with E-state index in [0.717, 1.165) is 24.1 Å². The molecular formula is C21H23FN6O. The van der Waals surface area contributed by atoms with Crippen LogP contribution in [-0.2, 0) is 6.42 Å². The summed E-state index contributed by atoms with van der Waals surface area (Å²) in [5.41, 5.74) is 2.91. The summed E-state index contributed by atoms with van der Waals surface area (Å²) in [6.45, 7) is 2.11. The first-order chi connectivity index (χ1) is 14.2. The first-order valence-electron chi connectivity index (χ1n) is 9.69. The number of amides is 1. The van der Waals surface area contributed by atoms with E-state index in [4.69, 9.17) is 0 Å². The highest BCUT2D eigenvalue weighted by molar-refractivity contribution is 5.99. The van der Waals surface area contributed by atoms with Gasteiger partial charge in [-0.15, -0.1) is 0 Å². The molecule has 1 atom stereocenters. The number of pyridine rings is 1. The molecule has 150 valence electrons. The molecule has 8 heteroatoms. The van der Waals surface area contributed by atoms with Crippen molar-refractivity contribution in [2.75, 3.05) is 25.0 Å². The molecule has 3 heterocycles. The minimum Gasteiger partial charge on any atom is -0.369 e. The fourth-order valence-electron chi connectivity index (χ4n) is 3.18. The average molecular weight is 394 g/mol. The largest absolute Gasteiger partial charge is 0.369 e. The zero-order valence-corrected chi connectivity index (χ0v) is 15.9. The molecule has 3 aromatic rings. The average Bonchev–Trinajstić information content (AvgIpc) is 3.21. The van der Waals surface area contributed by atoms with Crippen molar-refractivity contribution in [3.05, 3.63) is 65.7 Å². The van der Waals surface area contributed by atoms with E-state index in [1.165, 1.54) is 12.1 Å². The molecule has 1 saturated heterocycles. The number of rotatable bonds is 8. The third kappa shape index (κ3) is 4.78. The van der Waals surface area contributed by atoms with Crippen molar-refractivity contribution in [2.24, 2.45) is 0 Å². The van der Waals surface area contributed by atoms with E-state index in [0.29, 0.717) is 42.6 Å². The summed E-state index contributed by atoms with van der Waals surface area (Å²) in [6, 6.07) is 10.4. The molecule has 1 aromatic carbocycles. The van der Waals surface area contributed by atoms with Crippen LogP contribution in [0.25, 0.3) is 11.3 Å². The quantitative estimate of drug-likeness (QED) is 0.471. The van der Waals surface area contributed by atoms with E-state index < -0.39 is 0 Å². The molecule has 0 radical (unpaired) electrons. The molecular weight excluding hydrogens is 371 g/mol. The van der Waals surface area contributed by atoms with Gasteiger partial charge in [0, 0.05) is 30.9 Å². The zero-order valence-electron chi connectivity index (χ0n) is 15.9. The highest BCUT2D eigenvalue weighted by atomic mass is 19.1. The van der Waals surface area contributed by atoms with Gasteiger partial charge in [0.1, 0.15) is 11.6 Å². The minimum absolute atomic E-state index is 0.168. The van der Waals surface area contributed by atoms with Gasteiger partial charge < -0.3 is 16.0 Å². The molecule has 0 spiro atoms. The number of carbonyl (C=O) groups excluding carboxylic acids is 1. The van der Waals surface area contributed by atoms with Crippen LogP contribution in [0.1, 0.15) is 22.3 Å². The lowest BCUT2D eigenvalue weighted by molar-refractivity contribution is 0.0945. The van der Waals surface area contributed by atoms with Crippen molar-refractivity contribution < 1.29 is 9.18 Å². The lowest BCUT2D eigenvalue weighted by Gasteiger charge is -2.27. The maximum atomic E-state index is 13.4. The number of aromatic amines is 1. The van der Waals surface area contributed by atoms with Crippen molar-refractivity contribution >= 4 is 11.7 Å². The summed E-state index contributed by atoms with van der Waals surface area (Å²) in [6.07, 6.45) is 5.11. The van der Waals surface area contributed by atoms with Crippen LogP contribution in [0.5, 0.6) is 0 Å². The van der Waals surface area contributed by atoms with Crippen LogP contribution in [0.15, 0.2) is 48.8 Å². The van der Waals surface area contributed by atoms with Gasteiger partial charge in [0.05, 0.1) is 17.5 Å². The van der Waals surface area contributed by atoms with E-state index >= 15 is 0 Å². The van der Waals surface area contributed by atoms with Gasteiger partial charge >= 0.3 is 0 Å². The molecule has 2 aromatic heterocycles. The fourth-order valence-corrected chi connectivity index (χ4v) is 3.18. The molecule has 0 aliphatic carbocycles. The molecule has 4 N–H and O–H groups in total. The summed E-state index contributed by atoms with van der Waals surface area (Å²) >= 11 is 0. The Balaban J connectivity index is 1.49. The van der Waals surface area contributed by atoms with E-state index in [-0.39, 0.29) is 11.7 Å². The maximum absolute atomic E-state index is 13.4. The second-order valence-corrected chi connectivity index (χ2v) is 7.04. The van der Waals surface area contributed by atoms with Gasteiger partial charge in [-0.05, 0) is 49.2 Å². The second-order valence-electron chi connectivity index (χ2n) is 7.04. The lowest BCUT2D eigenvalue weighted by atomic mass is 10.1. The smallest absolute Gasteiger partial charge is 0.255 e. The van der Waals surface area contributed by atoms with Crippen LogP contribution < -0.4 is 16.0 Å². The Kier molecular flexibility index (Phi) is 5.81. The standard InChI is InChI=1S/C21H23FN6O/c22-16-3-1-2-14(10-16)6-8-24-20-18(21(29)25-13-17-7-9-23-17)4-5-19(28-20)15-11-26-27-12-15/h1-5,10-12,17,23H,6-9,13H2,(H,24,28)(H,25,29)(H,26,27)/t17-/m1/s1. The number of hydrogen-bond acceptors (Lipinski definition) is 5. The second kappa shape index (κ2) is 8.83. The minimum atomic E-state index is -0.257. The molecule has 0 unspecified atom stereocenters. The Morgan fingerprint density at radius 2 is 2.17 bits per heavy atom. The molecule has 1 aliphatic rings. The molecule has 0 bridgehead atoms. The third-order valence-electron chi connectivity index (χ3n) is 4.96. The third-order valence-corrected chi connectivity index (χ3v) is 4.96. The van der Waals surface area contributed by atoms with E-state index in [1.807, 2.05) is 6.07 Å². The number of carbonyl (C=O) groups is 1. The molecule has 1 fully saturated rings. The van der Waals surface area contributed by atoms with Crippen LogP contribution in [0.3, 0.4) is 0 Å². The van der Waals surface area contributed by atoms with Crippen molar-refractivity contribution in [2.45, 2.75) is 18.9 Å². The van der Waals surface area contributed by atoms with Crippen LogP contribution in [0.4, 0.5) is 10.2 Å². The van der Waals surface area contributed by atoms with Gasteiger partial charge in [0.2, 0.25) is 0 Å². The monoisotopic (exact) mass is 394 g/mol. The van der Waals surface area contributed by atoms with E-state index in [2.05, 4.69) is 31.1 Å². The van der Waals surface area contributed by atoms with E-state index in [9.17, 15) is 9.18 Å². The number of aromatic nitrogens is 3. The number of anilines is 1. The van der Waals surface area contributed by atoms with E-state index in [1.54, 1.807) is 30.6 Å². The van der Waals surface area contributed by atoms with Crippen LogP contribution >= 0.6 is 0 Å². The highest BCUT2D eigenvalue weighted by Gasteiger charge is 2.19.